The van der Waals surface area contributed by atoms with E-state index in [1.165, 1.54) is 16.8 Å². The Balaban J connectivity index is 1.42. The molecule has 2 aliphatic heterocycles. The number of imide groups is 1. The first-order chi connectivity index (χ1) is 14.2. The molecule has 1 aliphatic carbocycles. The van der Waals surface area contributed by atoms with Crippen molar-refractivity contribution in [3.8, 4) is 5.75 Å². The molecule has 8 nitrogen and oxygen atoms in total. The monoisotopic (exact) mass is 421 g/mol. The lowest BCUT2D eigenvalue weighted by molar-refractivity contribution is -0.151. The molecule has 0 spiro atoms. The molecule has 0 aromatic heterocycles. The van der Waals surface area contributed by atoms with Gasteiger partial charge in [0.15, 0.2) is 6.61 Å². The van der Waals surface area contributed by atoms with Crippen LogP contribution >= 0.6 is 0 Å². The zero-order chi connectivity index (χ0) is 21.6. The van der Waals surface area contributed by atoms with Crippen LogP contribution in [0.25, 0.3) is 0 Å². The lowest BCUT2D eigenvalue weighted by Gasteiger charge is -2.40. The summed E-state index contributed by atoms with van der Waals surface area (Å²) < 4.78 is 31.7. The lowest BCUT2D eigenvalue weighted by atomic mass is 9.87. The number of piperidine rings is 1. The third kappa shape index (κ3) is 3.61. The number of hydrogen-bond donors (Lipinski definition) is 1. The predicted octanol–water partition coefficient (Wildman–Crippen LogP) is 1.08. The van der Waals surface area contributed by atoms with E-state index in [-0.39, 0.29) is 50.6 Å². The van der Waals surface area contributed by atoms with E-state index in [0.29, 0.717) is 16.9 Å². The van der Waals surface area contributed by atoms with E-state index in [1.54, 1.807) is 18.2 Å². The first-order valence-corrected chi connectivity index (χ1v) is 9.69. The fraction of sp³-hybridized carbons (Fsp3) is 0.500. The lowest BCUT2D eigenvalue weighted by Crippen LogP contribution is -2.52. The van der Waals surface area contributed by atoms with Crippen LogP contribution in [0.15, 0.2) is 18.2 Å². The number of hydrogen-bond acceptors (Lipinski definition) is 5. The Morgan fingerprint density at radius 2 is 2.03 bits per heavy atom. The Bertz CT molecular complexity index is 927. The molecule has 10 heteroatoms. The second-order valence-electron chi connectivity index (χ2n) is 7.89. The Kier molecular flexibility index (Phi) is 4.95. The van der Waals surface area contributed by atoms with E-state index in [1.807, 2.05) is 0 Å². The second-order valence-corrected chi connectivity index (χ2v) is 7.89. The van der Waals surface area contributed by atoms with Crippen molar-refractivity contribution in [1.29, 1.82) is 0 Å². The second kappa shape index (κ2) is 7.33. The molecule has 2 fully saturated rings. The van der Waals surface area contributed by atoms with Gasteiger partial charge < -0.3 is 14.5 Å². The Morgan fingerprint density at radius 1 is 1.30 bits per heavy atom. The average molecular weight is 421 g/mol. The summed E-state index contributed by atoms with van der Waals surface area (Å²) in [6.07, 6.45) is -0.312. The van der Waals surface area contributed by atoms with Crippen LogP contribution in [-0.4, -0.2) is 65.1 Å². The van der Waals surface area contributed by atoms with Crippen molar-refractivity contribution in [3.63, 3.8) is 0 Å². The number of nitrogens with zero attached hydrogens (tertiary/aromatic N) is 2. The number of halogens is 2. The minimum absolute atomic E-state index is 0.121. The van der Waals surface area contributed by atoms with Crippen molar-refractivity contribution in [2.45, 2.75) is 50.2 Å². The quantitative estimate of drug-likeness (QED) is 0.718. The molecule has 1 aromatic carbocycles. The number of carbonyl (C=O) groups excluding carboxylic acids is 4. The number of amides is 4. The summed E-state index contributed by atoms with van der Waals surface area (Å²) in [4.78, 5) is 51.3. The van der Waals surface area contributed by atoms with Gasteiger partial charge in [0.25, 0.3) is 17.7 Å². The molecule has 4 amide bonds. The summed E-state index contributed by atoms with van der Waals surface area (Å²) in [7, 11) is 1.47. The van der Waals surface area contributed by atoms with Gasteiger partial charge in [-0.1, -0.05) is 6.07 Å². The van der Waals surface area contributed by atoms with Gasteiger partial charge in [-0.05, 0) is 18.6 Å². The van der Waals surface area contributed by atoms with Gasteiger partial charge in [-0.3, -0.25) is 24.5 Å². The molecule has 1 saturated carbocycles. The number of ether oxygens (including phenoxy) is 1. The predicted molar refractivity (Wildman–Crippen MR) is 98.7 cm³/mol. The van der Waals surface area contributed by atoms with Crippen LogP contribution in [0.4, 0.5) is 8.78 Å². The molecule has 1 atom stereocenters. The van der Waals surface area contributed by atoms with E-state index in [9.17, 15) is 28.0 Å². The van der Waals surface area contributed by atoms with Crippen molar-refractivity contribution in [3.05, 3.63) is 29.3 Å². The SMILES string of the molecule is CN(C(=O)COc1cccc2c1CN(C1CCC(=O)NC1=O)C2=O)C1CC(F)(F)C1. The fourth-order valence-electron chi connectivity index (χ4n) is 4.04. The number of rotatable bonds is 5. The third-order valence-electron chi connectivity index (χ3n) is 5.90. The molecule has 1 saturated heterocycles. The van der Waals surface area contributed by atoms with Gasteiger partial charge in [0.05, 0.1) is 6.54 Å². The highest BCUT2D eigenvalue weighted by molar-refractivity contribution is 6.05. The normalized spacial score (nSPS) is 23.0. The molecule has 0 radical (unpaired) electrons. The number of fused-ring (bicyclic) bond motifs is 1. The minimum atomic E-state index is -2.72. The molecule has 1 aromatic rings. The summed E-state index contributed by atoms with van der Waals surface area (Å²) in [6.45, 7) is -0.225. The Morgan fingerprint density at radius 3 is 2.70 bits per heavy atom. The highest BCUT2D eigenvalue weighted by Gasteiger charge is 2.48. The number of carbonyl (C=O) groups is 4. The minimum Gasteiger partial charge on any atom is -0.483 e. The number of benzene rings is 1. The number of likely N-dealkylation sites (N-methyl/N-ethyl adjacent to an activating group) is 1. The van der Waals surface area contributed by atoms with Gasteiger partial charge >= 0.3 is 0 Å². The van der Waals surface area contributed by atoms with Crippen LogP contribution in [0, 0.1) is 0 Å². The van der Waals surface area contributed by atoms with Crippen molar-refractivity contribution in [2.24, 2.45) is 0 Å². The van der Waals surface area contributed by atoms with Crippen LogP contribution in [0.5, 0.6) is 5.75 Å². The number of nitrogens with one attached hydrogen (secondary N) is 1. The van der Waals surface area contributed by atoms with Crippen LogP contribution in [0.2, 0.25) is 0 Å². The molecule has 30 heavy (non-hydrogen) atoms. The first kappa shape index (κ1) is 20.2. The highest BCUT2D eigenvalue weighted by Crippen LogP contribution is 2.40. The van der Waals surface area contributed by atoms with Gasteiger partial charge in [0.2, 0.25) is 11.8 Å². The largest absolute Gasteiger partial charge is 0.483 e. The van der Waals surface area contributed by atoms with Gasteiger partial charge in [0.1, 0.15) is 11.8 Å². The molecule has 1 unspecified atom stereocenters. The molecule has 160 valence electrons. The maximum Gasteiger partial charge on any atom is 0.260 e. The Hall–Kier alpha value is -3.04. The van der Waals surface area contributed by atoms with Crippen molar-refractivity contribution >= 4 is 23.6 Å². The summed E-state index contributed by atoms with van der Waals surface area (Å²) in [5, 5.41) is 2.24. The summed E-state index contributed by atoms with van der Waals surface area (Å²) in [5.41, 5.74) is 0.925. The zero-order valence-electron chi connectivity index (χ0n) is 16.3. The van der Waals surface area contributed by atoms with Gasteiger partial charge in [0, 0.05) is 43.5 Å². The molecule has 1 N–H and O–H groups in total. The smallest absolute Gasteiger partial charge is 0.260 e. The number of alkyl halides is 2. The third-order valence-corrected chi connectivity index (χ3v) is 5.90. The summed E-state index contributed by atoms with van der Waals surface area (Å²) >= 11 is 0. The van der Waals surface area contributed by atoms with E-state index in [4.69, 9.17) is 4.74 Å². The molecule has 2 heterocycles. The van der Waals surface area contributed by atoms with Crippen LogP contribution in [-0.2, 0) is 20.9 Å². The Labute approximate surface area is 171 Å². The van der Waals surface area contributed by atoms with E-state index in [2.05, 4.69) is 5.32 Å². The van der Waals surface area contributed by atoms with Gasteiger partial charge in [-0.2, -0.15) is 0 Å². The maximum atomic E-state index is 13.0. The first-order valence-electron chi connectivity index (χ1n) is 9.69. The topological polar surface area (TPSA) is 96.0 Å². The summed E-state index contributed by atoms with van der Waals surface area (Å²) in [6, 6.07) is 3.58. The van der Waals surface area contributed by atoms with Crippen molar-refractivity contribution in [2.75, 3.05) is 13.7 Å². The molecule has 0 bridgehead atoms. The summed E-state index contributed by atoms with van der Waals surface area (Å²) in [5.74, 6) is -4.04. The van der Waals surface area contributed by atoms with E-state index >= 15 is 0 Å². The molecular formula is C20H21F2N3O5. The van der Waals surface area contributed by atoms with E-state index < -0.39 is 29.8 Å². The molecule has 4 rings (SSSR count). The standard InChI is InChI=1S/C20H21F2N3O5/c1-24(11-7-20(21,22)8-11)17(27)10-30-15-4-2-3-12-13(15)9-25(19(12)29)14-5-6-16(26)23-18(14)28/h2-4,11,14H,5-10H2,1H3,(H,23,26,28). The van der Waals surface area contributed by atoms with Crippen LogP contribution in [0.3, 0.4) is 0 Å². The molecular weight excluding hydrogens is 400 g/mol. The zero-order valence-corrected chi connectivity index (χ0v) is 16.3. The molecule has 3 aliphatic rings. The van der Waals surface area contributed by atoms with Gasteiger partial charge in [-0.25, -0.2) is 8.78 Å². The van der Waals surface area contributed by atoms with Crippen LogP contribution in [0.1, 0.15) is 41.6 Å². The highest BCUT2D eigenvalue weighted by atomic mass is 19.3. The maximum absolute atomic E-state index is 13.0. The van der Waals surface area contributed by atoms with E-state index in [0.717, 1.165) is 0 Å². The van der Waals surface area contributed by atoms with Crippen molar-refractivity contribution < 1.29 is 32.7 Å². The fourth-order valence-corrected chi connectivity index (χ4v) is 4.04. The van der Waals surface area contributed by atoms with Crippen LogP contribution < -0.4 is 10.1 Å². The average Bonchev–Trinajstić information content (AvgIpc) is 3.00. The van der Waals surface area contributed by atoms with Gasteiger partial charge in [-0.15, -0.1) is 0 Å². The van der Waals surface area contributed by atoms with Crippen molar-refractivity contribution in [1.82, 2.24) is 15.1 Å².